The highest BCUT2D eigenvalue weighted by atomic mass is 79.9. The third-order valence-corrected chi connectivity index (χ3v) is 6.15. The van der Waals surface area contributed by atoms with Crippen molar-refractivity contribution in [3.63, 3.8) is 0 Å². The van der Waals surface area contributed by atoms with Gasteiger partial charge in [0.05, 0.1) is 15.4 Å². The molecule has 34 heavy (non-hydrogen) atoms. The summed E-state index contributed by atoms with van der Waals surface area (Å²) in [5.74, 6) is 1.13. The zero-order valence-electron chi connectivity index (χ0n) is 19.0. The molecule has 0 bridgehead atoms. The van der Waals surface area contributed by atoms with Crippen LogP contribution in [0.15, 0.2) is 63.5 Å². The Morgan fingerprint density at radius 2 is 1.65 bits per heavy atom. The Kier molecular flexibility index (Phi) is 8.74. The van der Waals surface area contributed by atoms with Crippen molar-refractivity contribution in [2.24, 2.45) is 0 Å². The first-order valence-electron chi connectivity index (χ1n) is 10.7. The second kappa shape index (κ2) is 11.5. The first-order valence-corrected chi connectivity index (χ1v) is 12.2. The van der Waals surface area contributed by atoms with Crippen molar-refractivity contribution in [3.05, 3.63) is 80.2 Å². The van der Waals surface area contributed by atoms with Crippen molar-refractivity contribution in [1.29, 1.82) is 0 Å². The largest absolute Gasteiger partial charge is 0.507 e. The molecule has 0 heterocycles. The fourth-order valence-corrected chi connectivity index (χ4v) is 4.72. The third kappa shape index (κ3) is 6.84. The molecule has 0 spiro atoms. The Morgan fingerprint density at radius 3 is 2.26 bits per heavy atom. The van der Waals surface area contributed by atoms with Gasteiger partial charge in [-0.1, -0.05) is 32.0 Å². The summed E-state index contributed by atoms with van der Waals surface area (Å²) in [6.07, 6.45) is 0.0753. The summed E-state index contributed by atoms with van der Waals surface area (Å²) >= 11 is 7.03. The van der Waals surface area contributed by atoms with Crippen LogP contribution in [-0.4, -0.2) is 23.5 Å². The van der Waals surface area contributed by atoms with E-state index in [1.54, 1.807) is 42.5 Å². The van der Waals surface area contributed by atoms with E-state index in [0.717, 1.165) is 16.7 Å². The zero-order chi connectivity index (χ0) is 24.8. The molecule has 0 aliphatic carbocycles. The summed E-state index contributed by atoms with van der Waals surface area (Å²) in [6, 6.07) is 15.9. The van der Waals surface area contributed by atoms with Gasteiger partial charge in [-0.25, -0.2) is 4.79 Å². The molecule has 0 saturated heterocycles. The van der Waals surface area contributed by atoms with Gasteiger partial charge in [0.2, 0.25) is 5.91 Å². The molecule has 0 radical (unpaired) electrons. The van der Waals surface area contributed by atoms with Crippen molar-refractivity contribution in [2.75, 3.05) is 6.54 Å². The Hall–Kier alpha value is -2.84. The van der Waals surface area contributed by atoms with E-state index in [9.17, 15) is 14.7 Å². The van der Waals surface area contributed by atoms with Gasteiger partial charge in [-0.05, 0) is 92.2 Å². The standard InChI is InChI=1S/C26H25Br2NO5/c1-15(2)20-13-19(9-16(3)25(20)32)34-26-21(27)10-17(11-22(26)28)12-23(30)29-14-24(31)33-18-7-5-4-6-8-18/h4-11,13,15,32H,12,14H2,1-3H3,(H,29,30). The van der Waals surface area contributed by atoms with E-state index in [4.69, 9.17) is 9.47 Å². The summed E-state index contributed by atoms with van der Waals surface area (Å²) in [4.78, 5) is 24.3. The Balaban J connectivity index is 1.64. The predicted molar refractivity (Wildman–Crippen MR) is 138 cm³/mol. The normalized spacial score (nSPS) is 10.8. The number of carbonyl (C=O) groups excluding carboxylic acids is 2. The van der Waals surface area contributed by atoms with Gasteiger partial charge in [-0.3, -0.25) is 4.79 Å². The number of benzene rings is 3. The number of rotatable bonds is 8. The summed E-state index contributed by atoms with van der Waals surface area (Å²) < 4.78 is 12.6. The predicted octanol–water partition coefficient (Wildman–Crippen LogP) is 6.41. The second-order valence-electron chi connectivity index (χ2n) is 8.06. The maximum Gasteiger partial charge on any atom is 0.330 e. The first kappa shape index (κ1) is 25.8. The molecular formula is C26H25Br2NO5. The van der Waals surface area contributed by atoms with Gasteiger partial charge in [0.15, 0.2) is 5.75 Å². The fourth-order valence-electron chi connectivity index (χ4n) is 3.28. The Labute approximate surface area is 215 Å². The summed E-state index contributed by atoms with van der Waals surface area (Å²) in [5, 5.41) is 12.9. The topological polar surface area (TPSA) is 84.9 Å². The molecule has 0 atom stereocenters. The Bertz CT molecular complexity index is 1170. The Morgan fingerprint density at radius 1 is 1.00 bits per heavy atom. The SMILES string of the molecule is Cc1cc(Oc2c(Br)cc(CC(=O)NCC(=O)Oc3ccccc3)cc2Br)cc(C(C)C)c1O. The number of phenols is 1. The lowest BCUT2D eigenvalue weighted by Crippen LogP contribution is -2.32. The van der Waals surface area contributed by atoms with Crippen LogP contribution in [0.3, 0.4) is 0 Å². The highest BCUT2D eigenvalue weighted by Crippen LogP contribution is 2.40. The number of hydrogen-bond acceptors (Lipinski definition) is 5. The fraction of sp³-hybridized carbons (Fsp3) is 0.231. The van der Waals surface area contributed by atoms with Gasteiger partial charge in [0.1, 0.15) is 23.8 Å². The van der Waals surface area contributed by atoms with Gasteiger partial charge in [-0.15, -0.1) is 0 Å². The van der Waals surface area contributed by atoms with Crippen LogP contribution in [0.1, 0.15) is 36.5 Å². The van der Waals surface area contributed by atoms with E-state index in [-0.39, 0.29) is 30.5 Å². The lowest BCUT2D eigenvalue weighted by atomic mass is 9.99. The molecule has 1 amide bonds. The van der Waals surface area contributed by atoms with Crippen molar-refractivity contribution in [1.82, 2.24) is 5.32 Å². The van der Waals surface area contributed by atoms with E-state index in [0.29, 0.717) is 26.2 Å². The van der Waals surface area contributed by atoms with Crippen molar-refractivity contribution in [3.8, 4) is 23.0 Å². The lowest BCUT2D eigenvalue weighted by Gasteiger charge is -2.16. The molecule has 0 aliphatic heterocycles. The van der Waals surface area contributed by atoms with Crippen LogP contribution >= 0.6 is 31.9 Å². The summed E-state index contributed by atoms with van der Waals surface area (Å²) in [5.41, 5.74) is 2.26. The summed E-state index contributed by atoms with van der Waals surface area (Å²) in [7, 11) is 0. The van der Waals surface area contributed by atoms with Gasteiger partial charge in [-0.2, -0.15) is 0 Å². The number of amides is 1. The molecule has 0 saturated carbocycles. The van der Waals surface area contributed by atoms with Crippen molar-refractivity contribution < 1.29 is 24.2 Å². The molecule has 0 aromatic heterocycles. The maximum absolute atomic E-state index is 12.3. The van der Waals surface area contributed by atoms with Gasteiger partial charge in [0, 0.05) is 5.56 Å². The molecule has 2 N–H and O–H groups in total. The minimum atomic E-state index is -0.546. The van der Waals surface area contributed by atoms with Crippen LogP contribution in [0.25, 0.3) is 0 Å². The van der Waals surface area contributed by atoms with Gasteiger partial charge in [0.25, 0.3) is 0 Å². The first-order chi connectivity index (χ1) is 16.1. The van der Waals surface area contributed by atoms with E-state index in [1.165, 1.54) is 0 Å². The number of aromatic hydroxyl groups is 1. The molecule has 0 aliphatic rings. The average Bonchev–Trinajstić information content (AvgIpc) is 2.77. The monoisotopic (exact) mass is 589 g/mol. The number of aryl methyl sites for hydroxylation is 1. The van der Waals surface area contributed by atoms with Crippen LogP contribution < -0.4 is 14.8 Å². The minimum Gasteiger partial charge on any atom is -0.507 e. The smallest absolute Gasteiger partial charge is 0.330 e. The van der Waals surface area contributed by atoms with Gasteiger partial charge < -0.3 is 19.9 Å². The molecule has 3 aromatic rings. The lowest BCUT2D eigenvalue weighted by molar-refractivity contribution is -0.135. The van der Waals surface area contributed by atoms with E-state index >= 15 is 0 Å². The van der Waals surface area contributed by atoms with Crippen LogP contribution in [0.2, 0.25) is 0 Å². The quantitative estimate of drug-likeness (QED) is 0.234. The van der Waals surface area contributed by atoms with Crippen molar-refractivity contribution >= 4 is 43.7 Å². The molecule has 0 fully saturated rings. The average molecular weight is 591 g/mol. The van der Waals surface area contributed by atoms with Crippen LogP contribution in [-0.2, 0) is 16.0 Å². The van der Waals surface area contributed by atoms with Crippen LogP contribution in [0.4, 0.5) is 0 Å². The molecule has 8 heteroatoms. The number of carbonyl (C=O) groups is 2. The number of nitrogens with one attached hydrogen (secondary N) is 1. The highest BCUT2D eigenvalue weighted by molar-refractivity contribution is 9.11. The molecule has 3 rings (SSSR count). The second-order valence-corrected chi connectivity index (χ2v) is 9.77. The number of esters is 1. The molecule has 178 valence electrons. The minimum absolute atomic E-state index is 0.0753. The molecule has 3 aromatic carbocycles. The molecular weight excluding hydrogens is 566 g/mol. The number of para-hydroxylation sites is 1. The highest BCUT2D eigenvalue weighted by Gasteiger charge is 2.16. The van der Waals surface area contributed by atoms with E-state index in [2.05, 4.69) is 37.2 Å². The van der Waals surface area contributed by atoms with Crippen LogP contribution in [0.5, 0.6) is 23.0 Å². The van der Waals surface area contributed by atoms with Crippen molar-refractivity contribution in [2.45, 2.75) is 33.1 Å². The van der Waals surface area contributed by atoms with E-state index in [1.807, 2.05) is 32.9 Å². The number of halogens is 2. The number of hydrogen-bond donors (Lipinski definition) is 2. The zero-order valence-corrected chi connectivity index (χ0v) is 22.2. The van der Waals surface area contributed by atoms with E-state index < -0.39 is 5.97 Å². The van der Waals surface area contributed by atoms with Crippen LogP contribution in [0, 0.1) is 6.92 Å². The number of ether oxygens (including phenoxy) is 2. The summed E-state index contributed by atoms with van der Waals surface area (Å²) in [6.45, 7) is 5.61. The third-order valence-electron chi connectivity index (χ3n) is 4.97. The van der Waals surface area contributed by atoms with Gasteiger partial charge >= 0.3 is 5.97 Å². The number of phenolic OH excluding ortho intramolecular Hbond substituents is 1. The molecule has 0 unspecified atom stereocenters. The molecule has 6 nitrogen and oxygen atoms in total. The maximum atomic E-state index is 12.3.